The highest BCUT2D eigenvalue weighted by atomic mass is 32.2. The highest BCUT2D eigenvalue weighted by molar-refractivity contribution is 8.00. The number of hydrogen-bond donors (Lipinski definition) is 0. The van der Waals surface area contributed by atoms with Gasteiger partial charge in [0.2, 0.25) is 0 Å². The first-order valence-corrected chi connectivity index (χ1v) is 13.8. The molecule has 3 nitrogen and oxygen atoms in total. The molecule has 0 saturated carbocycles. The molecule has 4 rings (SSSR count). The maximum atomic E-state index is 12.6. The molecule has 0 bridgehead atoms. The van der Waals surface area contributed by atoms with Crippen LogP contribution in [0.15, 0.2) is 129 Å². The summed E-state index contributed by atoms with van der Waals surface area (Å²) in [6, 6.07) is 33.4. The van der Waals surface area contributed by atoms with Crippen LogP contribution in [0.25, 0.3) is 0 Å². The Labute approximate surface area is 232 Å². The zero-order valence-corrected chi connectivity index (χ0v) is 22.5. The van der Waals surface area contributed by atoms with Crippen LogP contribution in [0.2, 0.25) is 0 Å². The molecule has 0 heterocycles. The predicted molar refractivity (Wildman–Crippen MR) is 148 cm³/mol. The Morgan fingerprint density at radius 2 is 1.33 bits per heavy atom. The molecule has 0 aliphatic heterocycles. The Hall–Kier alpha value is -3.80. The van der Waals surface area contributed by atoms with Crippen LogP contribution in [-0.2, 0) is 26.0 Å². The van der Waals surface area contributed by atoms with Crippen molar-refractivity contribution in [2.45, 2.75) is 37.6 Å². The predicted octanol–water partition coefficient (Wildman–Crippen LogP) is 7.86. The Balaban J connectivity index is 1.41. The minimum absolute atomic E-state index is 0.00566. The maximum absolute atomic E-state index is 12.6. The SMILES string of the molecule is C#CC(C)(OC(=O)COc1ccc([S+](c2ccccc2)c2ccccc2)cc1)c1ccc(SC(F)(F)F)cc1. The van der Waals surface area contributed by atoms with Crippen LogP contribution in [-0.4, -0.2) is 18.1 Å². The fourth-order valence-corrected chi connectivity index (χ4v) is 6.36. The minimum atomic E-state index is -4.40. The van der Waals surface area contributed by atoms with Gasteiger partial charge in [-0.3, -0.25) is 0 Å². The lowest BCUT2D eigenvalue weighted by atomic mass is 9.97. The summed E-state index contributed by atoms with van der Waals surface area (Å²) in [7, 11) is -0.312. The van der Waals surface area contributed by atoms with Gasteiger partial charge in [0.05, 0.1) is 10.9 Å². The summed E-state index contributed by atoms with van der Waals surface area (Å²) >= 11 is -0.232. The molecule has 0 radical (unpaired) electrons. The number of terminal acetylenes is 1. The number of carbonyl (C=O) groups is 1. The van der Waals surface area contributed by atoms with Crippen molar-refractivity contribution in [1.82, 2.24) is 0 Å². The second-order valence-corrected chi connectivity index (χ2v) is 11.6. The van der Waals surface area contributed by atoms with E-state index < -0.39 is 17.1 Å². The summed E-state index contributed by atoms with van der Waals surface area (Å²) in [6.45, 7) is 1.11. The number of alkyl halides is 3. The average molecular weight is 566 g/mol. The van der Waals surface area contributed by atoms with Crippen LogP contribution >= 0.6 is 11.8 Å². The summed E-state index contributed by atoms with van der Waals surface area (Å²) in [5.41, 5.74) is -5.49. The summed E-state index contributed by atoms with van der Waals surface area (Å²) in [4.78, 5) is 16.0. The van der Waals surface area contributed by atoms with E-state index in [1.54, 1.807) is 12.1 Å². The summed E-state index contributed by atoms with van der Waals surface area (Å²) in [5, 5.41) is 0. The highest BCUT2D eigenvalue weighted by Crippen LogP contribution is 2.38. The molecule has 4 aromatic rings. The number of esters is 1. The number of ether oxygens (including phenoxy) is 2. The third-order valence-corrected chi connectivity index (χ3v) is 8.58. The number of thioether (sulfide) groups is 1. The Kier molecular flexibility index (Phi) is 8.95. The summed E-state index contributed by atoms with van der Waals surface area (Å²) < 4.78 is 48.9. The second kappa shape index (κ2) is 12.4. The fraction of sp³-hybridized carbons (Fsp3) is 0.129. The van der Waals surface area contributed by atoms with Gasteiger partial charge in [-0.2, -0.15) is 13.2 Å². The number of carbonyl (C=O) groups excluding carboxylic acids is 1. The zero-order valence-electron chi connectivity index (χ0n) is 20.9. The first-order chi connectivity index (χ1) is 18.7. The molecule has 0 N–H and O–H groups in total. The lowest BCUT2D eigenvalue weighted by Gasteiger charge is -2.24. The smallest absolute Gasteiger partial charge is 0.446 e. The highest BCUT2D eigenvalue weighted by Gasteiger charge is 2.32. The average Bonchev–Trinajstić information content (AvgIpc) is 2.93. The van der Waals surface area contributed by atoms with E-state index in [1.807, 2.05) is 48.5 Å². The van der Waals surface area contributed by atoms with Crippen LogP contribution in [0.3, 0.4) is 0 Å². The van der Waals surface area contributed by atoms with E-state index in [0.717, 1.165) is 4.90 Å². The van der Waals surface area contributed by atoms with Gasteiger partial charge in [0.1, 0.15) is 5.75 Å². The van der Waals surface area contributed by atoms with E-state index in [-0.39, 0.29) is 34.2 Å². The molecule has 4 aromatic carbocycles. The first-order valence-electron chi connectivity index (χ1n) is 11.8. The number of benzene rings is 4. The van der Waals surface area contributed by atoms with E-state index in [2.05, 4.69) is 30.2 Å². The minimum Gasteiger partial charge on any atom is -0.482 e. The number of hydrogen-bond acceptors (Lipinski definition) is 4. The van der Waals surface area contributed by atoms with Crippen molar-refractivity contribution in [3.8, 4) is 18.1 Å². The molecule has 8 heteroatoms. The number of rotatable bonds is 9. The monoisotopic (exact) mass is 565 g/mol. The van der Waals surface area contributed by atoms with Crippen molar-refractivity contribution >= 4 is 28.6 Å². The molecule has 1 atom stereocenters. The largest absolute Gasteiger partial charge is 0.482 e. The van der Waals surface area contributed by atoms with Gasteiger partial charge in [-0.05, 0) is 79.3 Å². The first kappa shape index (κ1) is 28.2. The van der Waals surface area contributed by atoms with Gasteiger partial charge in [0, 0.05) is 10.5 Å². The Bertz CT molecular complexity index is 1380. The van der Waals surface area contributed by atoms with Crippen molar-refractivity contribution in [3.63, 3.8) is 0 Å². The quantitative estimate of drug-likeness (QED) is 0.0896. The zero-order chi connectivity index (χ0) is 27.9. The van der Waals surface area contributed by atoms with Crippen molar-refractivity contribution in [3.05, 3.63) is 115 Å². The van der Waals surface area contributed by atoms with Crippen LogP contribution in [0.4, 0.5) is 13.2 Å². The molecular weight excluding hydrogens is 541 g/mol. The van der Waals surface area contributed by atoms with Gasteiger partial charge in [-0.1, -0.05) is 54.5 Å². The standard InChI is InChI=1S/C31H24F3O3S2/c1-3-30(2,23-14-18-25(19-15-23)38-31(32,33)34)37-29(35)22-36-24-16-20-28(21-17-24)39(26-10-6-4-7-11-26)27-12-8-5-9-13-27/h1,4-21H,22H2,2H3/q+1. The normalized spacial score (nSPS) is 12.8. The topological polar surface area (TPSA) is 35.5 Å². The van der Waals surface area contributed by atoms with E-state index in [1.165, 1.54) is 41.0 Å². The van der Waals surface area contributed by atoms with Crippen LogP contribution < -0.4 is 4.74 Å². The van der Waals surface area contributed by atoms with Gasteiger partial charge in [-0.15, -0.1) is 6.42 Å². The van der Waals surface area contributed by atoms with Crippen molar-refractivity contribution < 1.29 is 27.4 Å². The molecule has 39 heavy (non-hydrogen) atoms. The molecule has 0 aromatic heterocycles. The molecular formula is C31H24F3O3S2+. The van der Waals surface area contributed by atoms with Crippen molar-refractivity contribution in [2.75, 3.05) is 6.61 Å². The molecule has 0 spiro atoms. The van der Waals surface area contributed by atoms with Crippen LogP contribution in [0, 0.1) is 12.3 Å². The maximum Gasteiger partial charge on any atom is 0.446 e. The molecule has 0 aliphatic rings. The third kappa shape index (κ3) is 7.62. The lowest BCUT2D eigenvalue weighted by Crippen LogP contribution is -2.30. The Morgan fingerprint density at radius 3 is 1.82 bits per heavy atom. The molecule has 1 unspecified atom stereocenters. The lowest BCUT2D eigenvalue weighted by molar-refractivity contribution is -0.156. The van der Waals surface area contributed by atoms with E-state index in [9.17, 15) is 18.0 Å². The molecule has 0 saturated heterocycles. The van der Waals surface area contributed by atoms with E-state index in [4.69, 9.17) is 15.9 Å². The third-order valence-electron chi connectivity index (χ3n) is 5.61. The molecule has 0 aliphatic carbocycles. The van der Waals surface area contributed by atoms with Crippen molar-refractivity contribution in [2.24, 2.45) is 0 Å². The van der Waals surface area contributed by atoms with Gasteiger partial charge in [0.15, 0.2) is 26.9 Å². The van der Waals surface area contributed by atoms with Crippen LogP contribution in [0.5, 0.6) is 5.75 Å². The molecule has 198 valence electrons. The van der Waals surface area contributed by atoms with E-state index in [0.29, 0.717) is 11.3 Å². The number of halogens is 3. The van der Waals surface area contributed by atoms with Gasteiger partial charge in [-0.25, -0.2) is 4.79 Å². The second-order valence-electron chi connectivity index (χ2n) is 8.42. The summed E-state index contributed by atoms with van der Waals surface area (Å²) in [6.07, 6.45) is 5.62. The molecule has 0 amide bonds. The van der Waals surface area contributed by atoms with Gasteiger partial charge in [0.25, 0.3) is 0 Å². The van der Waals surface area contributed by atoms with Gasteiger partial charge < -0.3 is 9.47 Å². The van der Waals surface area contributed by atoms with E-state index >= 15 is 0 Å². The fourth-order valence-electron chi connectivity index (χ4n) is 3.74. The van der Waals surface area contributed by atoms with Gasteiger partial charge >= 0.3 is 11.5 Å². The van der Waals surface area contributed by atoms with Crippen LogP contribution in [0.1, 0.15) is 12.5 Å². The molecule has 0 fully saturated rings. The Morgan fingerprint density at radius 1 is 0.821 bits per heavy atom. The summed E-state index contributed by atoms with van der Waals surface area (Å²) in [5.74, 6) is 2.19. The van der Waals surface area contributed by atoms with Crippen molar-refractivity contribution in [1.29, 1.82) is 0 Å².